The van der Waals surface area contributed by atoms with Crippen molar-refractivity contribution in [3.8, 4) is 0 Å². The number of nitrogens with zero attached hydrogens (tertiary/aromatic N) is 1. The highest BCUT2D eigenvalue weighted by molar-refractivity contribution is 5.80. The van der Waals surface area contributed by atoms with Crippen LogP contribution in [0.1, 0.15) is 60.3 Å². The molecular formula is C17H34N2O2. The summed E-state index contributed by atoms with van der Waals surface area (Å²) in [4.78, 5) is 14.7. The molecule has 1 aliphatic heterocycles. The lowest BCUT2D eigenvalue weighted by molar-refractivity contribution is -0.151. The van der Waals surface area contributed by atoms with Gasteiger partial charge in [-0.3, -0.25) is 4.79 Å². The molecule has 0 bridgehead atoms. The minimum atomic E-state index is -0.557. The molecule has 0 aromatic carbocycles. The van der Waals surface area contributed by atoms with Crippen molar-refractivity contribution in [3.63, 3.8) is 0 Å². The number of hydrogen-bond donors (Lipinski definition) is 1. The van der Waals surface area contributed by atoms with E-state index in [1.54, 1.807) is 0 Å². The summed E-state index contributed by atoms with van der Waals surface area (Å²) in [6.45, 7) is 15.2. The topological polar surface area (TPSA) is 41.6 Å². The summed E-state index contributed by atoms with van der Waals surface area (Å²) in [6.07, 6.45) is 4.32. The molecule has 1 atom stereocenters. The standard InChI is InChI=1S/C17H34N2O2/c1-6-11-18-17(5,15(20)21-7-2)10-14-19-12-8-16(3,4)9-13-19/h18H,6-14H2,1-5H3. The number of carbonyl (C=O) groups excluding carboxylic acids is 1. The van der Waals surface area contributed by atoms with Crippen LogP contribution in [0.2, 0.25) is 0 Å². The molecule has 1 rings (SSSR count). The van der Waals surface area contributed by atoms with E-state index in [1.807, 2.05) is 13.8 Å². The molecule has 1 unspecified atom stereocenters. The first-order chi connectivity index (χ1) is 9.83. The van der Waals surface area contributed by atoms with Crippen molar-refractivity contribution in [1.29, 1.82) is 0 Å². The van der Waals surface area contributed by atoms with Gasteiger partial charge in [0.1, 0.15) is 5.54 Å². The molecule has 1 heterocycles. The first kappa shape index (κ1) is 18.4. The van der Waals surface area contributed by atoms with Gasteiger partial charge in [0.15, 0.2) is 0 Å². The highest BCUT2D eigenvalue weighted by Gasteiger charge is 2.35. The van der Waals surface area contributed by atoms with E-state index in [-0.39, 0.29) is 5.97 Å². The molecule has 4 heteroatoms. The molecule has 0 aromatic rings. The van der Waals surface area contributed by atoms with Crippen molar-refractivity contribution in [2.75, 3.05) is 32.8 Å². The van der Waals surface area contributed by atoms with Crippen LogP contribution in [0, 0.1) is 5.41 Å². The number of ether oxygens (including phenoxy) is 1. The molecule has 4 nitrogen and oxygen atoms in total. The summed E-state index contributed by atoms with van der Waals surface area (Å²) in [5, 5.41) is 3.39. The number of piperidine rings is 1. The zero-order valence-corrected chi connectivity index (χ0v) is 14.6. The van der Waals surface area contributed by atoms with Gasteiger partial charge in [0, 0.05) is 6.54 Å². The van der Waals surface area contributed by atoms with Crippen LogP contribution < -0.4 is 5.32 Å². The Kier molecular flexibility index (Phi) is 7.14. The van der Waals surface area contributed by atoms with E-state index in [0.717, 1.165) is 39.0 Å². The van der Waals surface area contributed by atoms with Gasteiger partial charge in [0.2, 0.25) is 0 Å². The molecule has 1 saturated heterocycles. The number of hydrogen-bond acceptors (Lipinski definition) is 4. The van der Waals surface area contributed by atoms with Crippen molar-refractivity contribution in [1.82, 2.24) is 10.2 Å². The second-order valence-electron chi connectivity index (χ2n) is 7.24. The summed E-state index contributed by atoms with van der Waals surface area (Å²) in [5.41, 5.74) is -0.0829. The summed E-state index contributed by atoms with van der Waals surface area (Å²) < 4.78 is 5.26. The Hall–Kier alpha value is -0.610. The van der Waals surface area contributed by atoms with Crippen LogP contribution in [0.25, 0.3) is 0 Å². The van der Waals surface area contributed by atoms with Crippen molar-refractivity contribution in [3.05, 3.63) is 0 Å². The van der Waals surface area contributed by atoms with E-state index in [2.05, 4.69) is 31.0 Å². The zero-order valence-electron chi connectivity index (χ0n) is 14.6. The fourth-order valence-electron chi connectivity index (χ4n) is 2.72. The Morgan fingerprint density at radius 3 is 2.43 bits per heavy atom. The number of esters is 1. The molecule has 0 aromatic heterocycles. The van der Waals surface area contributed by atoms with Gasteiger partial charge in [-0.2, -0.15) is 0 Å². The number of rotatable bonds is 8. The van der Waals surface area contributed by atoms with Crippen LogP contribution in [0.15, 0.2) is 0 Å². The van der Waals surface area contributed by atoms with Gasteiger partial charge in [0.05, 0.1) is 6.61 Å². The number of nitrogens with one attached hydrogen (secondary N) is 1. The van der Waals surface area contributed by atoms with Crippen LogP contribution in [-0.4, -0.2) is 49.2 Å². The predicted molar refractivity (Wildman–Crippen MR) is 87.4 cm³/mol. The fourth-order valence-corrected chi connectivity index (χ4v) is 2.72. The Balaban J connectivity index is 2.51. The van der Waals surface area contributed by atoms with Crippen LogP contribution in [0.5, 0.6) is 0 Å². The van der Waals surface area contributed by atoms with E-state index in [4.69, 9.17) is 4.74 Å². The molecule has 0 saturated carbocycles. The Labute approximate surface area is 130 Å². The Morgan fingerprint density at radius 1 is 1.29 bits per heavy atom. The highest BCUT2D eigenvalue weighted by Crippen LogP contribution is 2.30. The lowest BCUT2D eigenvalue weighted by Crippen LogP contribution is -2.53. The summed E-state index contributed by atoms with van der Waals surface area (Å²) >= 11 is 0. The maximum atomic E-state index is 12.2. The van der Waals surface area contributed by atoms with Crippen molar-refractivity contribution >= 4 is 5.97 Å². The fraction of sp³-hybridized carbons (Fsp3) is 0.941. The average molecular weight is 298 g/mol. The molecule has 0 aliphatic carbocycles. The minimum Gasteiger partial charge on any atom is -0.465 e. The highest BCUT2D eigenvalue weighted by atomic mass is 16.5. The monoisotopic (exact) mass is 298 g/mol. The van der Waals surface area contributed by atoms with Crippen molar-refractivity contribution in [2.45, 2.75) is 65.8 Å². The smallest absolute Gasteiger partial charge is 0.326 e. The quantitative estimate of drug-likeness (QED) is 0.700. The second-order valence-corrected chi connectivity index (χ2v) is 7.24. The first-order valence-electron chi connectivity index (χ1n) is 8.47. The van der Waals surface area contributed by atoms with Gasteiger partial charge in [0.25, 0.3) is 0 Å². The van der Waals surface area contributed by atoms with Gasteiger partial charge in [-0.1, -0.05) is 20.8 Å². The van der Waals surface area contributed by atoms with Crippen LogP contribution >= 0.6 is 0 Å². The predicted octanol–water partition coefficient (Wildman–Crippen LogP) is 2.82. The lowest BCUT2D eigenvalue weighted by Gasteiger charge is -2.38. The Morgan fingerprint density at radius 2 is 1.90 bits per heavy atom. The maximum absolute atomic E-state index is 12.2. The van der Waals surface area contributed by atoms with Gasteiger partial charge in [-0.05, 0) is 64.6 Å². The largest absolute Gasteiger partial charge is 0.465 e. The van der Waals surface area contributed by atoms with Crippen LogP contribution in [0.4, 0.5) is 0 Å². The normalized spacial score (nSPS) is 21.8. The van der Waals surface area contributed by atoms with E-state index in [1.165, 1.54) is 12.8 Å². The van der Waals surface area contributed by atoms with E-state index >= 15 is 0 Å². The van der Waals surface area contributed by atoms with Crippen LogP contribution in [-0.2, 0) is 9.53 Å². The second kappa shape index (κ2) is 8.14. The van der Waals surface area contributed by atoms with Gasteiger partial charge < -0.3 is 15.0 Å². The minimum absolute atomic E-state index is 0.115. The molecule has 0 spiro atoms. The Bertz CT molecular complexity index is 321. The third kappa shape index (κ3) is 5.95. The van der Waals surface area contributed by atoms with Crippen molar-refractivity contribution in [2.24, 2.45) is 5.41 Å². The van der Waals surface area contributed by atoms with Gasteiger partial charge in [-0.25, -0.2) is 0 Å². The van der Waals surface area contributed by atoms with E-state index < -0.39 is 5.54 Å². The van der Waals surface area contributed by atoms with Gasteiger partial charge >= 0.3 is 5.97 Å². The zero-order chi connectivity index (χ0) is 15.9. The molecule has 0 radical (unpaired) electrons. The molecule has 124 valence electrons. The molecule has 0 amide bonds. The summed E-state index contributed by atoms with van der Waals surface area (Å²) in [7, 11) is 0. The number of carbonyl (C=O) groups is 1. The van der Waals surface area contributed by atoms with E-state index in [9.17, 15) is 4.79 Å². The van der Waals surface area contributed by atoms with Crippen LogP contribution in [0.3, 0.4) is 0 Å². The lowest BCUT2D eigenvalue weighted by atomic mass is 9.82. The van der Waals surface area contributed by atoms with Crippen molar-refractivity contribution < 1.29 is 9.53 Å². The molecule has 1 N–H and O–H groups in total. The average Bonchev–Trinajstić information content (AvgIpc) is 2.44. The number of likely N-dealkylation sites (tertiary alicyclic amines) is 1. The summed E-state index contributed by atoms with van der Waals surface area (Å²) in [5.74, 6) is -0.115. The first-order valence-corrected chi connectivity index (χ1v) is 8.47. The van der Waals surface area contributed by atoms with E-state index in [0.29, 0.717) is 12.0 Å². The molecule has 1 aliphatic rings. The SMILES string of the molecule is CCCNC(C)(CCN1CCC(C)(C)CC1)C(=O)OCC. The summed E-state index contributed by atoms with van der Waals surface area (Å²) in [6, 6.07) is 0. The molecule has 21 heavy (non-hydrogen) atoms. The maximum Gasteiger partial charge on any atom is 0.326 e. The van der Waals surface area contributed by atoms with Gasteiger partial charge in [-0.15, -0.1) is 0 Å². The third-order valence-corrected chi connectivity index (χ3v) is 4.63. The molecular weight excluding hydrogens is 264 g/mol. The third-order valence-electron chi connectivity index (χ3n) is 4.63. The molecule has 1 fully saturated rings.